The van der Waals surface area contributed by atoms with E-state index in [1.165, 1.54) is 0 Å². The largest absolute Gasteiger partial charge is 0.478 e. The summed E-state index contributed by atoms with van der Waals surface area (Å²) in [5.74, 6) is -0.944. The van der Waals surface area contributed by atoms with Crippen molar-refractivity contribution in [1.82, 2.24) is 14.6 Å². The monoisotopic (exact) mass is 354 g/mol. The Hall–Kier alpha value is -3.98. The molecule has 0 unspecified atom stereocenters. The number of carboxylic acids is 1. The molecule has 2 heterocycles. The average molecular weight is 354 g/mol. The second kappa shape index (κ2) is 6.39. The Bertz CT molecular complexity index is 1220. The molecular weight excluding hydrogens is 340 g/mol. The van der Waals surface area contributed by atoms with Gasteiger partial charge in [-0.05, 0) is 48.9 Å². The van der Waals surface area contributed by atoms with E-state index in [-0.39, 0.29) is 5.56 Å². The van der Waals surface area contributed by atoms with Gasteiger partial charge in [-0.15, -0.1) is 0 Å². The Morgan fingerprint density at radius 2 is 1.81 bits per heavy atom. The SMILES string of the molecule is Cc1cc(-c2ccc3ncc(-c4ccc(C#N)cc4)n3n2)ccc1C(=O)O. The molecule has 6 heteroatoms. The zero-order valence-corrected chi connectivity index (χ0v) is 14.4. The van der Waals surface area contributed by atoms with Crippen molar-refractivity contribution in [2.75, 3.05) is 0 Å². The molecule has 0 aliphatic heterocycles. The van der Waals surface area contributed by atoms with E-state index in [1.807, 2.05) is 30.3 Å². The predicted molar refractivity (Wildman–Crippen MR) is 100 cm³/mol. The smallest absolute Gasteiger partial charge is 0.335 e. The fraction of sp³-hybridized carbons (Fsp3) is 0.0476. The maximum Gasteiger partial charge on any atom is 0.335 e. The molecule has 0 spiro atoms. The van der Waals surface area contributed by atoms with Crippen LogP contribution in [0, 0.1) is 18.3 Å². The molecule has 6 nitrogen and oxygen atoms in total. The van der Waals surface area contributed by atoms with Crippen LogP contribution in [0.5, 0.6) is 0 Å². The Labute approximate surface area is 155 Å². The second-order valence-corrected chi connectivity index (χ2v) is 6.16. The van der Waals surface area contributed by atoms with E-state index < -0.39 is 5.97 Å². The summed E-state index contributed by atoms with van der Waals surface area (Å²) in [6.45, 7) is 1.77. The van der Waals surface area contributed by atoms with Crippen molar-refractivity contribution >= 4 is 11.6 Å². The summed E-state index contributed by atoms with van der Waals surface area (Å²) in [6.07, 6.45) is 1.74. The third-order valence-corrected chi connectivity index (χ3v) is 4.42. The van der Waals surface area contributed by atoms with Gasteiger partial charge in [0, 0.05) is 11.1 Å². The molecule has 0 aliphatic carbocycles. The van der Waals surface area contributed by atoms with Crippen LogP contribution in [0.15, 0.2) is 60.8 Å². The standard InChI is InChI=1S/C21H14N4O2/c1-13-10-16(6-7-17(13)21(26)27)18-8-9-20-23-12-19(25(20)24-18)15-4-2-14(11-22)3-5-15/h2-10,12H,1H3,(H,26,27). The number of aromatic nitrogens is 3. The minimum atomic E-state index is -0.944. The molecule has 2 aromatic heterocycles. The normalized spacial score (nSPS) is 10.7. The molecular formula is C21H14N4O2. The summed E-state index contributed by atoms with van der Waals surface area (Å²) in [6, 6.07) is 18.2. The third kappa shape index (κ3) is 2.92. The molecule has 0 fully saturated rings. The first kappa shape index (κ1) is 16.5. The van der Waals surface area contributed by atoms with Crippen LogP contribution >= 0.6 is 0 Å². The number of hydrogen-bond acceptors (Lipinski definition) is 4. The van der Waals surface area contributed by atoms with E-state index in [4.69, 9.17) is 5.26 Å². The number of carboxylic acid groups (broad SMARTS) is 1. The zero-order chi connectivity index (χ0) is 19.0. The quantitative estimate of drug-likeness (QED) is 0.602. The van der Waals surface area contributed by atoms with Crippen LogP contribution in [-0.2, 0) is 0 Å². The minimum absolute atomic E-state index is 0.278. The topological polar surface area (TPSA) is 91.3 Å². The van der Waals surface area contributed by atoms with Crippen LogP contribution in [0.4, 0.5) is 0 Å². The van der Waals surface area contributed by atoms with Gasteiger partial charge in [-0.3, -0.25) is 0 Å². The first-order valence-electron chi connectivity index (χ1n) is 8.26. The van der Waals surface area contributed by atoms with Gasteiger partial charge < -0.3 is 5.11 Å². The summed E-state index contributed by atoms with van der Waals surface area (Å²) in [5.41, 5.74) is 5.53. The lowest BCUT2D eigenvalue weighted by Crippen LogP contribution is -2.01. The summed E-state index contributed by atoms with van der Waals surface area (Å²) in [7, 11) is 0. The van der Waals surface area contributed by atoms with Gasteiger partial charge in [0.1, 0.15) is 0 Å². The van der Waals surface area contributed by atoms with E-state index >= 15 is 0 Å². The molecule has 1 N–H and O–H groups in total. The van der Waals surface area contributed by atoms with Crippen LogP contribution < -0.4 is 0 Å². The molecule has 130 valence electrons. The third-order valence-electron chi connectivity index (χ3n) is 4.42. The van der Waals surface area contributed by atoms with Gasteiger partial charge in [0.2, 0.25) is 0 Å². The Balaban J connectivity index is 1.81. The van der Waals surface area contributed by atoms with Gasteiger partial charge in [-0.1, -0.05) is 18.2 Å². The number of fused-ring (bicyclic) bond motifs is 1. The number of aryl methyl sites for hydroxylation is 1. The summed E-state index contributed by atoms with van der Waals surface area (Å²) in [5, 5.41) is 22.8. The van der Waals surface area contributed by atoms with Crippen molar-refractivity contribution in [2.45, 2.75) is 6.92 Å². The van der Waals surface area contributed by atoms with Crippen molar-refractivity contribution in [3.05, 3.63) is 77.5 Å². The van der Waals surface area contributed by atoms with Gasteiger partial charge in [0.25, 0.3) is 0 Å². The van der Waals surface area contributed by atoms with Crippen LogP contribution in [0.3, 0.4) is 0 Å². The minimum Gasteiger partial charge on any atom is -0.478 e. The highest BCUT2D eigenvalue weighted by atomic mass is 16.4. The molecule has 0 atom stereocenters. The Kier molecular flexibility index (Phi) is 3.90. The summed E-state index contributed by atoms with van der Waals surface area (Å²) >= 11 is 0. The van der Waals surface area contributed by atoms with Crippen LogP contribution in [0.25, 0.3) is 28.2 Å². The lowest BCUT2D eigenvalue weighted by atomic mass is 10.0. The Morgan fingerprint density at radius 1 is 1.07 bits per heavy atom. The molecule has 0 saturated heterocycles. The van der Waals surface area contributed by atoms with Gasteiger partial charge in [-0.2, -0.15) is 10.4 Å². The van der Waals surface area contributed by atoms with Crippen molar-refractivity contribution in [1.29, 1.82) is 5.26 Å². The maximum atomic E-state index is 11.2. The Morgan fingerprint density at radius 3 is 2.48 bits per heavy atom. The molecule has 2 aromatic carbocycles. The highest BCUT2D eigenvalue weighted by Gasteiger charge is 2.12. The number of aromatic carboxylic acids is 1. The van der Waals surface area contributed by atoms with E-state index in [0.717, 1.165) is 22.5 Å². The number of benzene rings is 2. The predicted octanol–water partition coefficient (Wildman–Crippen LogP) is 3.94. The maximum absolute atomic E-state index is 11.2. The zero-order valence-electron chi connectivity index (χ0n) is 14.4. The number of hydrogen-bond donors (Lipinski definition) is 1. The van der Waals surface area contributed by atoms with Gasteiger partial charge in [-0.25, -0.2) is 14.3 Å². The van der Waals surface area contributed by atoms with E-state index in [9.17, 15) is 9.90 Å². The first-order valence-corrected chi connectivity index (χ1v) is 8.26. The van der Waals surface area contributed by atoms with Gasteiger partial charge >= 0.3 is 5.97 Å². The highest BCUT2D eigenvalue weighted by molar-refractivity contribution is 5.90. The lowest BCUT2D eigenvalue weighted by molar-refractivity contribution is 0.0696. The van der Waals surface area contributed by atoms with Crippen molar-refractivity contribution < 1.29 is 9.90 Å². The molecule has 0 amide bonds. The lowest BCUT2D eigenvalue weighted by Gasteiger charge is -2.07. The first-order chi connectivity index (χ1) is 13.1. The van der Waals surface area contributed by atoms with E-state index in [0.29, 0.717) is 16.8 Å². The van der Waals surface area contributed by atoms with E-state index in [1.54, 1.807) is 41.9 Å². The molecule has 0 saturated carbocycles. The average Bonchev–Trinajstić information content (AvgIpc) is 3.11. The molecule has 27 heavy (non-hydrogen) atoms. The van der Waals surface area contributed by atoms with Crippen LogP contribution in [0.1, 0.15) is 21.5 Å². The van der Waals surface area contributed by atoms with Crippen molar-refractivity contribution in [3.63, 3.8) is 0 Å². The molecule has 0 bridgehead atoms. The molecule has 4 rings (SSSR count). The van der Waals surface area contributed by atoms with Crippen molar-refractivity contribution in [3.8, 4) is 28.6 Å². The molecule has 0 aliphatic rings. The van der Waals surface area contributed by atoms with Crippen molar-refractivity contribution in [2.24, 2.45) is 0 Å². The number of imidazole rings is 1. The van der Waals surface area contributed by atoms with Gasteiger partial charge in [0.15, 0.2) is 5.65 Å². The summed E-state index contributed by atoms with van der Waals surface area (Å²) < 4.78 is 1.75. The second-order valence-electron chi connectivity index (χ2n) is 6.16. The van der Waals surface area contributed by atoms with Crippen LogP contribution in [-0.4, -0.2) is 25.7 Å². The fourth-order valence-corrected chi connectivity index (χ4v) is 3.00. The fourth-order valence-electron chi connectivity index (χ4n) is 3.00. The number of nitriles is 1. The number of nitrogens with zero attached hydrogens (tertiary/aromatic N) is 4. The summed E-state index contributed by atoms with van der Waals surface area (Å²) in [4.78, 5) is 15.6. The van der Waals surface area contributed by atoms with Gasteiger partial charge in [0.05, 0.1) is 34.8 Å². The number of rotatable bonds is 3. The van der Waals surface area contributed by atoms with Crippen LogP contribution in [0.2, 0.25) is 0 Å². The van der Waals surface area contributed by atoms with E-state index in [2.05, 4.69) is 16.2 Å². The molecule has 0 radical (unpaired) electrons. The highest BCUT2D eigenvalue weighted by Crippen LogP contribution is 2.24. The molecule has 4 aromatic rings. The number of carbonyl (C=O) groups is 1.